The SMILES string of the molecule is COc1ccc(C=O)c2ccnc(C)c12. The van der Waals surface area contributed by atoms with E-state index in [1.165, 1.54) is 0 Å². The van der Waals surface area contributed by atoms with Gasteiger partial charge < -0.3 is 4.74 Å². The molecular weight excluding hydrogens is 190 g/mol. The molecule has 0 bridgehead atoms. The van der Waals surface area contributed by atoms with E-state index in [0.29, 0.717) is 5.56 Å². The van der Waals surface area contributed by atoms with Crippen molar-refractivity contribution in [2.45, 2.75) is 6.92 Å². The van der Waals surface area contributed by atoms with Crippen molar-refractivity contribution in [1.82, 2.24) is 4.98 Å². The third kappa shape index (κ3) is 1.46. The number of nitrogens with zero attached hydrogens (tertiary/aromatic N) is 1. The molecule has 1 aromatic carbocycles. The summed E-state index contributed by atoms with van der Waals surface area (Å²) in [6.45, 7) is 1.90. The summed E-state index contributed by atoms with van der Waals surface area (Å²) >= 11 is 0. The molecule has 1 aromatic heterocycles. The topological polar surface area (TPSA) is 39.2 Å². The Bertz CT molecular complexity index is 520. The first-order chi connectivity index (χ1) is 7.27. The average molecular weight is 201 g/mol. The standard InChI is InChI=1S/C12H11NO2/c1-8-12-10(5-6-13-8)9(7-14)3-4-11(12)15-2/h3-7H,1-2H3. The predicted molar refractivity (Wildman–Crippen MR) is 58.4 cm³/mol. The van der Waals surface area contributed by atoms with Gasteiger partial charge >= 0.3 is 0 Å². The molecule has 0 spiro atoms. The van der Waals surface area contributed by atoms with Crippen LogP contribution in [0.15, 0.2) is 24.4 Å². The maximum Gasteiger partial charge on any atom is 0.150 e. The van der Waals surface area contributed by atoms with E-state index in [1.807, 2.05) is 13.0 Å². The van der Waals surface area contributed by atoms with Crippen molar-refractivity contribution in [3.63, 3.8) is 0 Å². The molecule has 0 unspecified atom stereocenters. The zero-order valence-corrected chi connectivity index (χ0v) is 8.65. The van der Waals surface area contributed by atoms with Crippen molar-refractivity contribution < 1.29 is 9.53 Å². The van der Waals surface area contributed by atoms with Crippen molar-refractivity contribution in [3.8, 4) is 5.75 Å². The number of aromatic nitrogens is 1. The minimum atomic E-state index is 0.663. The second-order valence-corrected chi connectivity index (χ2v) is 3.29. The lowest BCUT2D eigenvalue weighted by molar-refractivity contribution is 0.112. The summed E-state index contributed by atoms with van der Waals surface area (Å²) in [4.78, 5) is 15.1. The summed E-state index contributed by atoms with van der Waals surface area (Å²) in [6.07, 6.45) is 2.55. The number of hydrogen-bond donors (Lipinski definition) is 0. The van der Waals surface area contributed by atoms with E-state index >= 15 is 0 Å². The zero-order chi connectivity index (χ0) is 10.8. The lowest BCUT2D eigenvalue weighted by atomic mass is 10.0. The van der Waals surface area contributed by atoms with E-state index in [0.717, 1.165) is 28.5 Å². The normalized spacial score (nSPS) is 10.3. The van der Waals surface area contributed by atoms with E-state index in [9.17, 15) is 4.79 Å². The lowest BCUT2D eigenvalue weighted by Crippen LogP contribution is -1.92. The molecule has 0 fully saturated rings. The number of rotatable bonds is 2. The van der Waals surface area contributed by atoms with Gasteiger partial charge in [0.1, 0.15) is 5.75 Å². The second kappa shape index (κ2) is 3.69. The number of carbonyl (C=O) groups excluding carboxylic acids is 1. The van der Waals surface area contributed by atoms with Gasteiger partial charge in [0.25, 0.3) is 0 Å². The Labute approximate surface area is 87.7 Å². The van der Waals surface area contributed by atoms with Gasteiger partial charge in [-0.15, -0.1) is 0 Å². The first-order valence-electron chi connectivity index (χ1n) is 4.65. The third-order valence-electron chi connectivity index (χ3n) is 2.46. The smallest absolute Gasteiger partial charge is 0.150 e. The molecule has 3 heteroatoms. The molecule has 0 amide bonds. The molecule has 0 atom stereocenters. The van der Waals surface area contributed by atoms with Crippen LogP contribution >= 0.6 is 0 Å². The summed E-state index contributed by atoms with van der Waals surface area (Å²) < 4.78 is 5.25. The molecule has 0 saturated heterocycles. The van der Waals surface area contributed by atoms with Gasteiger partial charge in [-0.2, -0.15) is 0 Å². The highest BCUT2D eigenvalue weighted by Crippen LogP contribution is 2.29. The number of ether oxygens (including phenoxy) is 1. The second-order valence-electron chi connectivity index (χ2n) is 3.29. The quantitative estimate of drug-likeness (QED) is 0.700. The first kappa shape index (κ1) is 9.65. The van der Waals surface area contributed by atoms with E-state index in [4.69, 9.17) is 4.74 Å². The Morgan fingerprint density at radius 1 is 1.33 bits per heavy atom. The highest BCUT2D eigenvalue weighted by atomic mass is 16.5. The summed E-state index contributed by atoms with van der Waals surface area (Å²) in [6, 6.07) is 5.38. The van der Waals surface area contributed by atoms with E-state index in [-0.39, 0.29) is 0 Å². The molecule has 0 radical (unpaired) electrons. The molecule has 1 heterocycles. The number of aryl methyl sites for hydroxylation is 1. The van der Waals surface area contributed by atoms with Crippen molar-refractivity contribution in [2.75, 3.05) is 7.11 Å². The van der Waals surface area contributed by atoms with Crippen molar-refractivity contribution in [3.05, 3.63) is 35.7 Å². The summed E-state index contributed by atoms with van der Waals surface area (Å²) in [5.41, 5.74) is 1.53. The largest absolute Gasteiger partial charge is 0.496 e. The van der Waals surface area contributed by atoms with Crippen LogP contribution in [-0.2, 0) is 0 Å². The summed E-state index contributed by atoms with van der Waals surface area (Å²) in [5, 5.41) is 1.79. The fraction of sp³-hybridized carbons (Fsp3) is 0.167. The number of aldehydes is 1. The van der Waals surface area contributed by atoms with Gasteiger partial charge in [-0.25, -0.2) is 0 Å². The van der Waals surface area contributed by atoms with Gasteiger partial charge in [-0.05, 0) is 30.5 Å². The van der Waals surface area contributed by atoms with Gasteiger partial charge in [-0.1, -0.05) is 0 Å². The molecular formula is C12H11NO2. The van der Waals surface area contributed by atoms with Crippen LogP contribution in [0.3, 0.4) is 0 Å². The highest BCUT2D eigenvalue weighted by molar-refractivity contribution is 6.01. The van der Waals surface area contributed by atoms with E-state index in [1.54, 1.807) is 25.4 Å². The number of benzene rings is 1. The van der Waals surface area contributed by atoms with E-state index < -0.39 is 0 Å². The van der Waals surface area contributed by atoms with Gasteiger partial charge in [0, 0.05) is 22.8 Å². The minimum absolute atomic E-state index is 0.663. The maximum absolute atomic E-state index is 10.9. The number of fused-ring (bicyclic) bond motifs is 1. The molecule has 76 valence electrons. The maximum atomic E-state index is 10.9. The molecule has 2 rings (SSSR count). The van der Waals surface area contributed by atoms with Crippen LogP contribution in [-0.4, -0.2) is 18.4 Å². The molecule has 0 aliphatic heterocycles. The van der Waals surface area contributed by atoms with Gasteiger partial charge in [0.15, 0.2) is 6.29 Å². The Morgan fingerprint density at radius 3 is 2.80 bits per heavy atom. The van der Waals surface area contributed by atoms with Crippen LogP contribution < -0.4 is 4.74 Å². The first-order valence-corrected chi connectivity index (χ1v) is 4.65. The number of methoxy groups -OCH3 is 1. The van der Waals surface area contributed by atoms with Crippen LogP contribution in [0.4, 0.5) is 0 Å². The van der Waals surface area contributed by atoms with Crippen LogP contribution in [0.25, 0.3) is 10.8 Å². The lowest BCUT2D eigenvalue weighted by Gasteiger charge is -2.08. The van der Waals surface area contributed by atoms with Gasteiger partial charge in [-0.3, -0.25) is 9.78 Å². The average Bonchev–Trinajstić information content (AvgIpc) is 2.28. The fourth-order valence-electron chi connectivity index (χ4n) is 1.73. The molecule has 0 aliphatic rings. The van der Waals surface area contributed by atoms with Gasteiger partial charge in [0.2, 0.25) is 0 Å². The number of hydrogen-bond acceptors (Lipinski definition) is 3. The molecule has 0 N–H and O–H groups in total. The van der Waals surface area contributed by atoms with Gasteiger partial charge in [0.05, 0.1) is 7.11 Å². The third-order valence-corrected chi connectivity index (χ3v) is 2.46. The van der Waals surface area contributed by atoms with Crippen LogP contribution in [0, 0.1) is 6.92 Å². The van der Waals surface area contributed by atoms with Crippen molar-refractivity contribution >= 4 is 17.1 Å². The van der Waals surface area contributed by atoms with Crippen molar-refractivity contribution in [2.24, 2.45) is 0 Å². The van der Waals surface area contributed by atoms with Crippen molar-refractivity contribution in [1.29, 1.82) is 0 Å². The Hall–Kier alpha value is -1.90. The predicted octanol–water partition coefficient (Wildman–Crippen LogP) is 2.36. The molecule has 3 nitrogen and oxygen atoms in total. The number of pyridine rings is 1. The minimum Gasteiger partial charge on any atom is -0.496 e. The van der Waals surface area contributed by atoms with Crippen LogP contribution in [0.1, 0.15) is 16.1 Å². The van der Waals surface area contributed by atoms with Crippen LogP contribution in [0.2, 0.25) is 0 Å². The molecule has 2 aromatic rings. The zero-order valence-electron chi connectivity index (χ0n) is 8.65. The highest BCUT2D eigenvalue weighted by Gasteiger charge is 2.08. The van der Waals surface area contributed by atoms with Crippen LogP contribution in [0.5, 0.6) is 5.75 Å². The molecule has 15 heavy (non-hydrogen) atoms. The molecule has 0 saturated carbocycles. The molecule has 0 aliphatic carbocycles. The number of carbonyl (C=O) groups is 1. The summed E-state index contributed by atoms with van der Waals surface area (Å²) in [7, 11) is 1.61. The van der Waals surface area contributed by atoms with E-state index in [2.05, 4.69) is 4.98 Å². The Balaban J connectivity index is 2.92. The fourth-order valence-corrected chi connectivity index (χ4v) is 1.73. The Morgan fingerprint density at radius 2 is 2.13 bits per heavy atom. The monoisotopic (exact) mass is 201 g/mol. The Kier molecular flexibility index (Phi) is 2.37. The summed E-state index contributed by atoms with van der Waals surface area (Å²) in [5.74, 6) is 0.751.